The zero-order valence-electron chi connectivity index (χ0n) is 7.15. The number of halogens is 5. The van der Waals surface area contributed by atoms with Gasteiger partial charge in [0.05, 0.1) is 6.07 Å². The number of nitrogens with zero attached hydrogens (tertiary/aromatic N) is 1. The van der Waals surface area contributed by atoms with Gasteiger partial charge in [0.15, 0.2) is 5.92 Å². The van der Waals surface area contributed by atoms with E-state index >= 15 is 0 Å². The number of rotatable bonds is 1. The van der Waals surface area contributed by atoms with Gasteiger partial charge in [-0.1, -0.05) is 17.7 Å². The lowest BCUT2D eigenvalue weighted by atomic mass is 9.99. The average molecular weight is 238 g/mol. The number of benzene rings is 1. The molecule has 1 rings (SSSR count). The molecule has 0 N–H and O–H groups in total. The molecule has 0 aromatic heterocycles. The summed E-state index contributed by atoms with van der Waals surface area (Å²) in [5.74, 6) is -3.67. The smallest absolute Gasteiger partial charge is 0.207 e. The van der Waals surface area contributed by atoms with Gasteiger partial charge in [0.1, 0.15) is 5.82 Å². The van der Waals surface area contributed by atoms with Crippen molar-refractivity contribution in [1.82, 2.24) is 0 Å². The molecule has 1 nitrogen and oxygen atoms in total. The Labute approximate surface area is 87.9 Å². The summed E-state index contributed by atoms with van der Waals surface area (Å²) in [5.41, 5.74) is -0.825. The number of nitriles is 1. The van der Waals surface area contributed by atoms with Crippen LogP contribution in [0.5, 0.6) is 0 Å². The Bertz CT molecular complexity index is 387. The highest BCUT2D eigenvalue weighted by molar-refractivity contribution is 6.31. The molecule has 0 spiro atoms. The minimum absolute atomic E-state index is 0.404. The second kappa shape index (κ2) is 4.07. The average Bonchev–Trinajstić information content (AvgIpc) is 2.09. The quantitative estimate of drug-likeness (QED) is 0.684. The molecule has 0 radical (unpaired) electrons. The summed E-state index contributed by atoms with van der Waals surface area (Å²) < 4.78 is 50.0. The lowest BCUT2D eigenvalue weighted by molar-refractivity contribution is -0.138. The highest BCUT2D eigenvalue weighted by atomic mass is 35.5. The lowest BCUT2D eigenvalue weighted by Crippen LogP contribution is -2.20. The second-order valence-corrected chi connectivity index (χ2v) is 3.15. The van der Waals surface area contributed by atoms with Gasteiger partial charge in [-0.3, -0.25) is 0 Å². The van der Waals surface area contributed by atoms with Crippen molar-refractivity contribution >= 4 is 11.6 Å². The second-order valence-electron chi connectivity index (χ2n) is 2.74. The summed E-state index contributed by atoms with van der Waals surface area (Å²) in [5, 5.41) is 7.96. The molecule has 0 bridgehead atoms. The maximum atomic E-state index is 13.1. The Morgan fingerprint density at radius 3 is 2.33 bits per heavy atom. The molecule has 1 aromatic rings. The van der Waals surface area contributed by atoms with E-state index in [1.165, 1.54) is 6.07 Å². The van der Waals surface area contributed by atoms with Crippen molar-refractivity contribution in [3.05, 3.63) is 34.6 Å². The van der Waals surface area contributed by atoms with E-state index in [9.17, 15) is 17.6 Å². The van der Waals surface area contributed by atoms with Crippen LogP contribution in [0.1, 0.15) is 11.5 Å². The lowest BCUT2D eigenvalue weighted by Gasteiger charge is -2.15. The first-order chi connectivity index (χ1) is 6.88. The summed E-state index contributed by atoms with van der Waals surface area (Å²) in [6, 6.07) is 4.10. The molecule has 1 aromatic carbocycles. The fraction of sp³-hybridized carbons (Fsp3) is 0.222. The molecule has 0 amide bonds. The van der Waals surface area contributed by atoms with Crippen LogP contribution in [-0.2, 0) is 0 Å². The summed E-state index contributed by atoms with van der Waals surface area (Å²) in [6.45, 7) is 0. The normalized spacial score (nSPS) is 13.3. The van der Waals surface area contributed by atoms with Gasteiger partial charge in [-0.2, -0.15) is 18.4 Å². The van der Waals surface area contributed by atoms with Crippen LogP contribution in [0.15, 0.2) is 18.2 Å². The molecule has 0 aliphatic rings. The molecular weight excluding hydrogens is 234 g/mol. The molecular formula is C9H4ClF4N. The summed E-state index contributed by atoms with van der Waals surface area (Å²) in [4.78, 5) is 0. The van der Waals surface area contributed by atoms with E-state index in [-0.39, 0.29) is 0 Å². The van der Waals surface area contributed by atoms with E-state index < -0.39 is 28.5 Å². The van der Waals surface area contributed by atoms with Gasteiger partial charge in [0, 0.05) is 10.6 Å². The first-order valence-corrected chi connectivity index (χ1v) is 4.16. The summed E-state index contributed by atoms with van der Waals surface area (Å²) in [7, 11) is 0. The van der Waals surface area contributed by atoms with Crippen LogP contribution < -0.4 is 0 Å². The van der Waals surface area contributed by atoms with Crippen LogP contribution in [0.3, 0.4) is 0 Å². The molecule has 6 heteroatoms. The molecule has 15 heavy (non-hydrogen) atoms. The minimum Gasteiger partial charge on any atom is -0.207 e. The molecule has 1 atom stereocenters. The molecule has 0 aliphatic carbocycles. The van der Waals surface area contributed by atoms with Crippen molar-refractivity contribution in [2.24, 2.45) is 0 Å². The van der Waals surface area contributed by atoms with Crippen LogP contribution in [-0.4, -0.2) is 6.18 Å². The van der Waals surface area contributed by atoms with Gasteiger partial charge in [0.25, 0.3) is 0 Å². The van der Waals surface area contributed by atoms with E-state index in [1.54, 1.807) is 0 Å². The van der Waals surface area contributed by atoms with Crippen molar-refractivity contribution in [1.29, 1.82) is 5.26 Å². The monoisotopic (exact) mass is 237 g/mol. The highest BCUT2D eigenvalue weighted by Gasteiger charge is 2.43. The maximum absolute atomic E-state index is 13.1. The highest BCUT2D eigenvalue weighted by Crippen LogP contribution is 2.38. The van der Waals surface area contributed by atoms with Crippen LogP contribution in [0.2, 0.25) is 5.02 Å². The fourth-order valence-corrected chi connectivity index (χ4v) is 1.36. The first kappa shape index (κ1) is 11.8. The van der Waals surface area contributed by atoms with Crippen molar-refractivity contribution in [2.45, 2.75) is 12.1 Å². The molecule has 0 fully saturated rings. The Morgan fingerprint density at radius 1 is 1.33 bits per heavy atom. The van der Waals surface area contributed by atoms with Gasteiger partial charge in [-0.25, -0.2) is 4.39 Å². The van der Waals surface area contributed by atoms with Crippen LogP contribution in [0.25, 0.3) is 0 Å². The zero-order chi connectivity index (χ0) is 11.6. The molecule has 0 saturated heterocycles. The van der Waals surface area contributed by atoms with Crippen LogP contribution in [0.4, 0.5) is 17.6 Å². The Morgan fingerprint density at radius 2 is 1.93 bits per heavy atom. The molecule has 1 unspecified atom stereocenters. The Kier molecular flexibility index (Phi) is 3.20. The number of alkyl halides is 3. The van der Waals surface area contributed by atoms with Gasteiger partial charge in [-0.15, -0.1) is 0 Å². The third kappa shape index (κ3) is 2.39. The van der Waals surface area contributed by atoms with E-state index in [2.05, 4.69) is 0 Å². The van der Waals surface area contributed by atoms with Crippen LogP contribution in [0, 0.1) is 17.1 Å². The minimum atomic E-state index is -4.83. The predicted molar refractivity (Wildman–Crippen MR) is 45.8 cm³/mol. The van der Waals surface area contributed by atoms with E-state index in [4.69, 9.17) is 16.9 Å². The van der Waals surface area contributed by atoms with Gasteiger partial charge < -0.3 is 0 Å². The Balaban J connectivity index is 3.32. The maximum Gasteiger partial charge on any atom is 0.408 e. The summed E-state index contributed by atoms with van der Waals surface area (Å²) >= 11 is 5.42. The van der Waals surface area contributed by atoms with Crippen molar-refractivity contribution in [3.8, 4) is 6.07 Å². The van der Waals surface area contributed by atoms with Crippen molar-refractivity contribution in [2.75, 3.05) is 0 Å². The Hall–Kier alpha value is -1.28. The number of hydrogen-bond donors (Lipinski definition) is 0. The standard InChI is InChI=1S/C9H4ClF4N/c10-6-2-1-3-7(11)8(6)5(4-15)9(12,13)14/h1-3,5H. The van der Waals surface area contributed by atoms with Crippen LogP contribution >= 0.6 is 11.6 Å². The number of hydrogen-bond acceptors (Lipinski definition) is 1. The molecule has 0 aliphatic heterocycles. The van der Waals surface area contributed by atoms with E-state index in [0.717, 1.165) is 18.2 Å². The predicted octanol–water partition coefficient (Wildman–Crippen LogP) is 3.65. The van der Waals surface area contributed by atoms with Gasteiger partial charge in [-0.05, 0) is 12.1 Å². The first-order valence-electron chi connectivity index (χ1n) is 3.78. The molecule has 0 saturated carbocycles. The SMILES string of the molecule is N#CC(c1c(F)cccc1Cl)C(F)(F)F. The van der Waals surface area contributed by atoms with Gasteiger partial charge >= 0.3 is 6.18 Å². The zero-order valence-corrected chi connectivity index (χ0v) is 7.90. The topological polar surface area (TPSA) is 23.8 Å². The van der Waals surface area contributed by atoms with E-state index in [0.29, 0.717) is 0 Å². The van der Waals surface area contributed by atoms with Crippen molar-refractivity contribution in [3.63, 3.8) is 0 Å². The van der Waals surface area contributed by atoms with Gasteiger partial charge in [0.2, 0.25) is 0 Å². The third-order valence-electron chi connectivity index (χ3n) is 1.74. The fourth-order valence-electron chi connectivity index (χ4n) is 1.09. The molecule has 80 valence electrons. The molecule has 0 heterocycles. The largest absolute Gasteiger partial charge is 0.408 e. The van der Waals surface area contributed by atoms with E-state index in [1.807, 2.05) is 0 Å². The third-order valence-corrected chi connectivity index (χ3v) is 2.07. The summed E-state index contributed by atoms with van der Waals surface area (Å²) in [6.07, 6.45) is -4.83. The van der Waals surface area contributed by atoms with Crippen molar-refractivity contribution < 1.29 is 17.6 Å².